The van der Waals surface area contributed by atoms with Crippen LogP contribution in [0.25, 0.3) is 11.3 Å². The van der Waals surface area contributed by atoms with Crippen LogP contribution in [0, 0.1) is 0 Å². The van der Waals surface area contributed by atoms with Gasteiger partial charge in [-0.2, -0.15) is 0 Å². The van der Waals surface area contributed by atoms with Gasteiger partial charge in [-0.15, -0.1) is 10.2 Å². The summed E-state index contributed by atoms with van der Waals surface area (Å²) in [6.07, 6.45) is 1.01. The predicted octanol–water partition coefficient (Wildman–Crippen LogP) is 4.45. The predicted molar refractivity (Wildman–Crippen MR) is 109 cm³/mol. The van der Waals surface area contributed by atoms with Gasteiger partial charge < -0.3 is 10.1 Å². The summed E-state index contributed by atoms with van der Waals surface area (Å²) in [5, 5.41) is 12.0. The van der Waals surface area contributed by atoms with Crippen LogP contribution < -0.4 is 10.1 Å². The monoisotopic (exact) mass is 379 g/mol. The van der Waals surface area contributed by atoms with Crippen molar-refractivity contribution in [3.05, 3.63) is 66.2 Å². The number of aryl methyl sites for hydroxylation is 1. The molecule has 6 heteroatoms. The topological polar surface area (TPSA) is 64.1 Å². The van der Waals surface area contributed by atoms with Gasteiger partial charge in [-0.1, -0.05) is 55.1 Å². The fraction of sp³-hybridized carbons (Fsp3) is 0.190. The zero-order valence-corrected chi connectivity index (χ0v) is 16.1. The van der Waals surface area contributed by atoms with E-state index in [2.05, 4.69) is 46.7 Å². The van der Waals surface area contributed by atoms with Gasteiger partial charge in [0.1, 0.15) is 10.8 Å². The molecule has 0 aliphatic rings. The van der Waals surface area contributed by atoms with Gasteiger partial charge in [-0.05, 0) is 36.2 Å². The van der Waals surface area contributed by atoms with Crippen molar-refractivity contribution in [1.82, 2.24) is 10.2 Å². The van der Waals surface area contributed by atoms with Crippen molar-refractivity contribution in [2.45, 2.75) is 18.4 Å². The van der Waals surface area contributed by atoms with Crippen LogP contribution in [0.15, 0.2) is 65.7 Å². The summed E-state index contributed by atoms with van der Waals surface area (Å²) in [5.41, 5.74) is 3.80. The number of carbonyl (C=O) groups is 1. The first-order valence-corrected chi connectivity index (χ1v) is 9.67. The molecule has 0 atom stereocenters. The van der Waals surface area contributed by atoms with Crippen molar-refractivity contribution in [3.63, 3.8) is 0 Å². The standard InChI is InChI=1S/C21H21N3O2S/c1-3-15-8-10-16(11-9-15)17-12-13-21(24-23-17)27-14-20(25)22-18-6-4-5-7-19(18)26-2/h4-13H,3,14H2,1-2H3,(H,22,25). The van der Waals surface area contributed by atoms with Gasteiger partial charge >= 0.3 is 0 Å². The van der Waals surface area contributed by atoms with Crippen LogP contribution in [0.4, 0.5) is 5.69 Å². The summed E-state index contributed by atoms with van der Waals surface area (Å²) in [4.78, 5) is 12.2. The molecule has 1 N–H and O–H groups in total. The number of aromatic nitrogens is 2. The lowest BCUT2D eigenvalue weighted by Gasteiger charge is -2.09. The lowest BCUT2D eigenvalue weighted by molar-refractivity contribution is -0.113. The molecular weight excluding hydrogens is 358 g/mol. The van der Waals surface area contributed by atoms with E-state index < -0.39 is 0 Å². The highest BCUT2D eigenvalue weighted by atomic mass is 32.2. The second-order valence-electron chi connectivity index (χ2n) is 5.84. The third-order valence-corrected chi connectivity index (χ3v) is 4.95. The molecule has 1 heterocycles. The number of nitrogens with one attached hydrogen (secondary N) is 1. The molecule has 27 heavy (non-hydrogen) atoms. The molecule has 0 radical (unpaired) electrons. The average Bonchev–Trinajstić information content (AvgIpc) is 2.73. The van der Waals surface area contributed by atoms with E-state index in [1.807, 2.05) is 24.3 Å². The molecule has 0 bridgehead atoms. The Balaban J connectivity index is 1.57. The van der Waals surface area contributed by atoms with E-state index >= 15 is 0 Å². The summed E-state index contributed by atoms with van der Waals surface area (Å²) >= 11 is 1.34. The molecule has 0 saturated heterocycles. The Morgan fingerprint density at radius 2 is 1.81 bits per heavy atom. The lowest BCUT2D eigenvalue weighted by Crippen LogP contribution is -2.14. The molecular formula is C21H21N3O2S. The number of rotatable bonds is 7. The molecule has 1 aromatic heterocycles. The normalized spacial score (nSPS) is 10.4. The summed E-state index contributed by atoms with van der Waals surface area (Å²) in [7, 11) is 1.58. The van der Waals surface area contributed by atoms with E-state index in [0.717, 1.165) is 17.7 Å². The third-order valence-electron chi connectivity index (χ3n) is 4.03. The minimum absolute atomic E-state index is 0.120. The Kier molecular flexibility index (Phi) is 6.44. The van der Waals surface area contributed by atoms with Crippen LogP contribution >= 0.6 is 11.8 Å². The molecule has 0 saturated carbocycles. The van der Waals surface area contributed by atoms with Crippen LogP contribution in [-0.4, -0.2) is 29.0 Å². The SMILES string of the molecule is CCc1ccc(-c2ccc(SCC(=O)Nc3ccccc3OC)nn2)cc1. The van der Waals surface area contributed by atoms with E-state index in [1.165, 1.54) is 17.3 Å². The maximum Gasteiger partial charge on any atom is 0.234 e. The van der Waals surface area contributed by atoms with Crippen molar-refractivity contribution < 1.29 is 9.53 Å². The third kappa shape index (κ3) is 5.08. The fourth-order valence-corrected chi connectivity index (χ4v) is 3.15. The molecule has 2 aromatic carbocycles. The van der Waals surface area contributed by atoms with Gasteiger partial charge in [0.2, 0.25) is 5.91 Å². The maximum absolute atomic E-state index is 12.2. The first kappa shape index (κ1) is 18.9. The summed E-state index contributed by atoms with van der Waals surface area (Å²) in [5.74, 6) is 0.761. The number of nitrogens with zero attached hydrogens (tertiary/aromatic N) is 2. The average molecular weight is 379 g/mol. The van der Waals surface area contributed by atoms with Gasteiger partial charge in [0.25, 0.3) is 0 Å². The molecule has 0 unspecified atom stereocenters. The van der Waals surface area contributed by atoms with E-state index in [1.54, 1.807) is 19.2 Å². The molecule has 0 aliphatic carbocycles. The van der Waals surface area contributed by atoms with Crippen LogP contribution in [0.1, 0.15) is 12.5 Å². The number of hydrogen-bond donors (Lipinski definition) is 1. The minimum Gasteiger partial charge on any atom is -0.495 e. The largest absolute Gasteiger partial charge is 0.495 e. The molecule has 1 amide bonds. The van der Waals surface area contributed by atoms with Gasteiger partial charge in [-0.3, -0.25) is 4.79 Å². The van der Waals surface area contributed by atoms with E-state index in [-0.39, 0.29) is 11.7 Å². The Hall–Kier alpha value is -2.86. The quantitative estimate of drug-likeness (QED) is 0.615. The fourth-order valence-electron chi connectivity index (χ4n) is 2.54. The molecule has 5 nitrogen and oxygen atoms in total. The Morgan fingerprint density at radius 3 is 2.48 bits per heavy atom. The first-order valence-electron chi connectivity index (χ1n) is 8.68. The Bertz CT molecular complexity index is 896. The summed E-state index contributed by atoms with van der Waals surface area (Å²) in [6, 6.07) is 19.4. The zero-order chi connectivity index (χ0) is 19.1. The lowest BCUT2D eigenvalue weighted by atomic mass is 10.1. The van der Waals surface area contributed by atoms with Crippen LogP contribution in [0.5, 0.6) is 5.75 Å². The number of hydrogen-bond acceptors (Lipinski definition) is 5. The molecule has 0 spiro atoms. The van der Waals surface area contributed by atoms with Crippen molar-refractivity contribution in [2.24, 2.45) is 0 Å². The molecule has 0 aliphatic heterocycles. The number of benzene rings is 2. The smallest absolute Gasteiger partial charge is 0.234 e. The molecule has 0 fully saturated rings. The van der Waals surface area contributed by atoms with Gasteiger partial charge in [-0.25, -0.2) is 0 Å². The molecule has 138 valence electrons. The number of anilines is 1. The number of amides is 1. The molecule has 3 aromatic rings. The number of thioether (sulfide) groups is 1. The molecule has 3 rings (SSSR count). The van der Waals surface area contributed by atoms with E-state index in [0.29, 0.717) is 16.5 Å². The summed E-state index contributed by atoms with van der Waals surface area (Å²) in [6.45, 7) is 2.13. The highest BCUT2D eigenvalue weighted by Crippen LogP contribution is 2.24. The van der Waals surface area contributed by atoms with Crippen molar-refractivity contribution in [2.75, 3.05) is 18.2 Å². The number of carbonyl (C=O) groups excluding carboxylic acids is 1. The van der Waals surface area contributed by atoms with Crippen LogP contribution in [0.3, 0.4) is 0 Å². The van der Waals surface area contributed by atoms with Crippen LogP contribution in [0.2, 0.25) is 0 Å². The highest BCUT2D eigenvalue weighted by Gasteiger charge is 2.09. The minimum atomic E-state index is -0.120. The van der Waals surface area contributed by atoms with Crippen molar-refractivity contribution in [3.8, 4) is 17.0 Å². The Labute approximate surface area is 163 Å². The van der Waals surface area contributed by atoms with Crippen molar-refractivity contribution >= 4 is 23.4 Å². The van der Waals surface area contributed by atoms with Gasteiger partial charge in [0.15, 0.2) is 0 Å². The zero-order valence-electron chi connectivity index (χ0n) is 15.3. The van der Waals surface area contributed by atoms with Gasteiger partial charge in [0.05, 0.1) is 24.2 Å². The van der Waals surface area contributed by atoms with E-state index in [4.69, 9.17) is 4.74 Å². The Morgan fingerprint density at radius 1 is 1.04 bits per heavy atom. The number of methoxy groups -OCH3 is 1. The highest BCUT2D eigenvalue weighted by molar-refractivity contribution is 7.99. The van der Waals surface area contributed by atoms with Gasteiger partial charge in [0, 0.05) is 5.56 Å². The van der Waals surface area contributed by atoms with Crippen molar-refractivity contribution in [1.29, 1.82) is 0 Å². The number of para-hydroxylation sites is 2. The first-order chi connectivity index (χ1) is 13.2. The number of ether oxygens (including phenoxy) is 1. The van der Waals surface area contributed by atoms with E-state index in [9.17, 15) is 4.79 Å². The second kappa shape index (κ2) is 9.19. The van der Waals surface area contributed by atoms with Crippen LogP contribution in [-0.2, 0) is 11.2 Å². The maximum atomic E-state index is 12.2. The second-order valence-corrected chi connectivity index (χ2v) is 6.84. The summed E-state index contributed by atoms with van der Waals surface area (Å²) < 4.78 is 5.23.